The zero-order valence-corrected chi connectivity index (χ0v) is 9.20. The smallest absolute Gasteiger partial charge is 0.203 e. The molecule has 0 amide bonds. The van der Waals surface area contributed by atoms with Gasteiger partial charge in [-0.05, 0) is 22.4 Å². The normalized spacial score (nSPS) is 10.1. The molecule has 2 aromatic rings. The van der Waals surface area contributed by atoms with Gasteiger partial charge in [-0.15, -0.1) is 6.58 Å². The molecule has 78 valence electrons. The molecule has 0 atom stereocenters. The van der Waals surface area contributed by atoms with Gasteiger partial charge in [-0.2, -0.15) is 11.3 Å². The fraction of sp³-hybridized carbons (Fsp3) is 0.182. The van der Waals surface area contributed by atoms with E-state index in [4.69, 9.17) is 0 Å². The SMILES string of the molecule is C=CCn1ccnc1NCc1ccsc1. The van der Waals surface area contributed by atoms with Crippen LogP contribution < -0.4 is 5.32 Å². The van der Waals surface area contributed by atoms with Crippen LogP contribution in [0.2, 0.25) is 0 Å². The van der Waals surface area contributed by atoms with Crippen molar-refractivity contribution in [2.24, 2.45) is 0 Å². The fourth-order valence-corrected chi connectivity index (χ4v) is 2.01. The molecule has 0 saturated heterocycles. The molecule has 0 radical (unpaired) electrons. The lowest BCUT2D eigenvalue weighted by molar-refractivity contribution is 0.820. The molecule has 0 spiro atoms. The first-order valence-corrected chi connectivity index (χ1v) is 5.71. The van der Waals surface area contributed by atoms with Gasteiger partial charge in [0.1, 0.15) is 0 Å². The number of hydrogen-bond donors (Lipinski definition) is 1. The van der Waals surface area contributed by atoms with E-state index >= 15 is 0 Å². The average molecular weight is 219 g/mol. The summed E-state index contributed by atoms with van der Waals surface area (Å²) in [6, 6.07) is 2.11. The van der Waals surface area contributed by atoms with Crippen molar-refractivity contribution in [2.45, 2.75) is 13.1 Å². The van der Waals surface area contributed by atoms with Crippen LogP contribution in [0, 0.1) is 0 Å². The number of imidazole rings is 1. The molecule has 0 fully saturated rings. The number of anilines is 1. The van der Waals surface area contributed by atoms with Crippen LogP contribution in [0.15, 0.2) is 41.9 Å². The van der Waals surface area contributed by atoms with Crippen molar-refractivity contribution < 1.29 is 0 Å². The lowest BCUT2D eigenvalue weighted by Crippen LogP contribution is -2.05. The lowest BCUT2D eigenvalue weighted by atomic mass is 10.3. The predicted molar refractivity (Wildman–Crippen MR) is 64.1 cm³/mol. The first-order chi connectivity index (χ1) is 7.40. The van der Waals surface area contributed by atoms with Gasteiger partial charge in [-0.25, -0.2) is 4.98 Å². The predicted octanol–water partition coefficient (Wildman–Crippen LogP) is 2.74. The zero-order chi connectivity index (χ0) is 10.5. The number of hydrogen-bond acceptors (Lipinski definition) is 3. The third-order valence-corrected chi connectivity index (χ3v) is 2.80. The van der Waals surface area contributed by atoms with E-state index in [9.17, 15) is 0 Å². The van der Waals surface area contributed by atoms with Gasteiger partial charge in [0, 0.05) is 25.5 Å². The number of aromatic nitrogens is 2. The van der Waals surface area contributed by atoms with Gasteiger partial charge < -0.3 is 9.88 Å². The fourth-order valence-electron chi connectivity index (χ4n) is 1.34. The monoisotopic (exact) mass is 219 g/mol. The lowest BCUT2D eigenvalue weighted by Gasteiger charge is -2.06. The third kappa shape index (κ3) is 2.47. The number of nitrogens with one attached hydrogen (secondary N) is 1. The van der Waals surface area contributed by atoms with Crippen LogP contribution in [0.5, 0.6) is 0 Å². The minimum atomic E-state index is 0.784. The summed E-state index contributed by atoms with van der Waals surface area (Å²) in [5, 5.41) is 7.50. The molecule has 0 aliphatic rings. The molecule has 3 nitrogen and oxygen atoms in total. The maximum Gasteiger partial charge on any atom is 0.203 e. The average Bonchev–Trinajstić information content (AvgIpc) is 2.85. The molecule has 0 aliphatic carbocycles. The van der Waals surface area contributed by atoms with E-state index in [0.29, 0.717) is 0 Å². The number of allylic oxidation sites excluding steroid dienone is 1. The maximum atomic E-state index is 4.24. The van der Waals surface area contributed by atoms with Gasteiger partial charge in [0.25, 0.3) is 0 Å². The molecule has 2 heterocycles. The van der Waals surface area contributed by atoms with Gasteiger partial charge in [0.2, 0.25) is 5.95 Å². The maximum absolute atomic E-state index is 4.24. The van der Waals surface area contributed by atoms with Gasteiger partial charge in [-0.3, -0.25) is 0 Å². The van der Waals surface area contributed by atoms with Crippen LogP contribution in [-0.4, -0.2) is 9.55 Å². The Morgan fingerprint density at radius 1 is 1.60 bits per heavy atom. The Morgan fingerprint density at radius 3 is 3.27 bits per heavy atom. The molecule has 2 aromatic heterocycles. The molecule has 0 bridgehead atoms. The standard InChI is InChI=1S/C11H13N3S/c1-2-5-14-6-4-12-11(14)13-8-10-3-7-15-9-10/h2-4,6-7,9H,1,5,8H2,(H,12,13). The Morgan fingerprint density at radius 2 is 2.53 bits per heavy atom. The highest BCUT2D eigenvalue weighted by atomic mass is 32.1. The molecule has 15 heavy (non-hydrogen) atoms. The van der Waals surface area contributed by atoms with Gasteiger partial charge in [0.15, 0.2) is 0 Å². The van der Waals surface area contributed by atoms with Gasteiger partial charge in [0.05, 0.1) is 0 Å². The van der Waals surface area contributed by atoms with Gasteiger partial charge >= 0.3 is 0 Å². The molecule has 0 unspecified atom stereocenters. The quantitative estimate of drug-likeness (QED) is 0.784. The Kier molecular flexibility index (Phi) is 3.19. The third-order valence-electron chi connectivity index (χ3n) is 2.07. The van der Waals surface area contributed by atoms with Crippen molar-refractivity contribution >= 4 is 17.3 Å². The van der Waals surface area contributed by atoms with E-state index in [1.807, 2.05) is 16.8 Å². The first kappa shape index (κ1) is 9.98. The van der Waals surface area contributed by atoms with E-state index in [1.165, 1.54) is 5.56 Å². The minimum absolute atomic E-state index is 0.784. The van der Waals surface area contributed by atoms with Crippen LogP contribution in [0.3, 0.4) is 0 Å². The van der Waals surface area contributed by atoms with Crippen molar-refractivity contribution in [2.75, 3.05) is 5.32 Å². The zero-order valence-electron chi connectivity index (χ0n) is 8.39. The molecular weight excluding hydrogens is 206 g/mol. The summed E-state index contributed by atoms with van der Waals surface area (Å²) in [4.78, 5) is 4.24. The Labute approximate surface area is 93.1 Å². The Hall–Kier alpha value is -1.55. The topological polar surface area (TPSA) is 29.9 Å². The second-order valence-electron chi connectivity index (χ2n) is 3.18. The van der Waals surface area contributed by atoms with E-state index in [-0.39, 0.29) is 0 Å². The van der Waals surface area contributed by atoms with Gasteiger partial charge in [-0.1, -0.05) is 6.08 Å². The van der Waals surface area contributed by atoms with Crippen LogP contribution in [0.1, 0.15) is 5.56 Å². The van der Waals surface area contributed by atoms with E-state index < -0.39 is 0 Å². The number of thiophene rings is 1. The molecule has 0 saturated carbocycles. The molecule has 4 heteroatoms. The second-order valence-corrected chi connectivity index (χ2v) is 3.96. The van der Waals surface area contributed by atoms with Crippen LogP contribution >= 0.6 is 11.3 Å². The largest absolute Gasteiger partial charge is 0.352 e. The molecule has 0 aromatic carbocycles. The first-order valence-electron chi connectivity index (χ1n) is 4.77. The van der Waals surface area contributed by atoms with Crippen LogP contribution in [0.4, 0.5) is 5.95 Å². The Balaban J connectivity index is 1.98. The molecule has 0 aliphatic heterocycles. The summed E-state index contributed by atoms with van der Waals surface area (Å²) >= 11 is 1.71. The van der Waals surface area contributed by atoms with Crippen molar-refractivity contribution in [3.05, 3.63) is 47.4 Å². The minimum Gasteiger partial charge on any atom is -0.352 e. The van der Waals surface area contributed by atoms with Crippen molar-refractivity contribution in [3.63, 3.8) is 0 Å². The molecule has 1 N–H and O–H groups in total. The second kappa shape index (κ2) is 4.79. The van der Waals surface area contributed by atoms with Crippen LogP contribution in [-0.2, 0) is 13.1 Å². The number of rotatable bonds is 5. The van der Waals surface area contributed by atoms with Crippen LogP contribution in [0.25, 0.3) is 0 Å². The Bertz CT molecular complexity index is 417. The molecule has 2 rings (SSSR count). The van der Waals surface area contributed by atoms with Crippen molar-refractivity contribution in [1.29, 1.82) is 0 Å². The van der Waals surface area contributed by atoms with Crippen molar-refractivity contribution in [3.8, 4) is 0 Å². The summed E-state index contributed by atoms with van der Waals surface area (Å²) in [7, 11) is 0. The summed E-state index contributed by atoms with van der Waals surface area (Å²) in [6.07, 6.45) is 5.59. The summed E-state index contributed by atoms with van der Waals surface area (Å²) in [5.74, 6) is 0.890. The van der Waals surface area contributed by atoms with E-state index in [1.54, 1.807) is 17.5 Å². The van der Waals surface area contributed by atoms with E-state index in [2.05, 4.69) is 33.7 Å². The molecular formula is C11H13N3S. The highest BCUT2D eigenvalue weighted by Gasteiger charge is 2.00. The highest BCUT2D eigenvalue weighted by Crippen LogP contribution is 2.10. The summed E-state index contributed by atoms with van der Waals surface area (Å²) in [5.41, 5.74) is 1.29. The number of nitrogens with zero attached hydrogens (tertiary/aromatic N) is 2. The summed E-state index contributed by atoms with van der Waals surface area (Å²) in [6.45, 7) is 5.31. The van der Waals surface area contributed by atoms with Crippen molar-refractivity contribution in [1.82, 2.24) is 9.55 Å². The van der Waals surface area contributed by atoms with E-state index in [0.717, 1.165) is 19.0 Å². The summed E-state index contributed by atoms with van der Waals surface area (Å²) < 4.78 is 2.03. The highest BCUT2D eigenvalue weighted by molar-refractivity contribution is 7.07.